The molecule has 154 valence electrons. The molecule has 9 heteroatoms. The summed E-state index contributed by atoms with van der Waals surface area (Å²) in [7, 11) is -3.56. The van der Waals surface area contributed by atoms with Crippen LogP contribution in [0.5, 0.6) is 0 Å². The Morgan fingerprint density at radius 2 is 1.76 bits per heavy atom. The molecule has 0 aliphatic rings. The summed E-state index contributed by atoms with van der Waals surface area (Å²) in [5.74, 6) is 0.276. The van der Waals surface area contributed by atoms with Gasteiger partial charge in [0.1, 0.15) is 5.82 Å². The van der Waals surface area contributed by atoms with Crippen molar-refractivity contribution >= 4 is 15.7 Å². The summed E-state index contributed by atoms with van der Waals surface area (Å²) in [6.07, 6.45) is 0. The molecule has 0 aliphatic carbocycles. The van der Waals surface area contributed by atoms with Gasteiger partial charge in [0.25, 0.3) is 0 Å². The van der Waals surface area contributed by atoms with Crippen molar-refractivity contribution in [3.05, 3.63) is 59.7 Å². The first-order valence-electron chi connectivity index (χ1n) is 9.28. The van der Waals surface area contributed by atoms with Gasteiger partial charge in [-0.15, -0.1) is 10.2 Å². The summed E-state index contributed by atoms with van der Waals surface area (Å²) < 4.78 is 45.8. The number of nitrogens with zero attached hydrogens (tertiary/aromatic N) is 3. The number of aryl methyl sites for hydroxylation is 1. The van der Waals surface area contributed by atoms with E-state index in [1.165, 1.54) is 16.4 Å². The third kappa shape index (κ3) is 4.63. The molecule has 1 N–H and O–H groups in total. The molecule has 3 aromatic rings. The molecule has 1 heterocycles. The number of halogens is 1. The van der Waals surface area contributed by atoms with Crippen LogP contribution in [0.1, 0.15) is 25.3 Å². The number of benzene rings is 2. The van der Waals surface area contributed by atoms with Crippen molar-refractivity contribution in [1.82, 2.24) is 14.5 Å². The van der Waals surface area contributed by atoms with Gasteiger partial charge in [-0.3, -0.25) is 0 Å². The molecule has 2 aromatic carbocycles. The van der Waals surface area contributed by atoms with E-state index < -0.39 is 10.0 Å². The number of hydrogen-bond donors (Lipinski definition) is 1. The Hall–Kier alpha value is -2.78. The lowest BCUT2D eigenvalue weighted by atomic mass is 10.2. The smallest absolute Gasteiger partial charge is 0.247 e. The average molecular weight is 418 g/mol. The summed E-state index contributed by atoms with van der Waals surface area (Å²) in [5, 5.41) is 11.0. The Bertz CT molecular complexity index is 1080. The first-order chi connectivity index (χ1) is 13.8. The summed E-state index contributed by atoms with van der Waals surface area (Å²) >= 11 is 0. The molecule has 1 aromatic heterocycles. The normalized spacial score (nSPS) is 11.8. The fourth-order valence-corrected chi connectivity index (χ4v) is 4.61. The summed E-state index contributed by atoms with van der Waals surface area (Å²) in [4.78, 5) is 0.267. The largest absolute Gasteiger partial charge is 0.419 e. The number of hydrogen-bond acceptors (Lipinski definition) is 6. The van der Waals surface area contributed by atoms with Crippen LogP contribution in [0.25, 0.3) is 11.5 Å². The molecule has 0 bridgehead atoms. The molecule has 0 amide bonds. The molecule has 0 aliphatic heterocycles. The van der Waals surface area contributed by atoms with Crippen molar-refractivity contribution in [2.45, 2.75) is 32.2 Å². The van der Waals surface area contributed by atoms with Gasteiger partial charge in [0.2, 0.25) is 21.8 Å². The van der Waals surface area contributed by atoms with Crippen molar-refractivity contribution in [2.75, 3.05) is 18.4 Å². The summed E-state index contributed by atoms with van der Waals surface area (Å²) in [6.45, 7) is 6.43. The van der Waals surface area contributed by atoms with Gasteiger partial charge in [0.05, 0.1) is 11.4 Å². The van der Waals surface area contributed by atoms with Crippen LogP contribution in [0.3, 0.4) is 0 Å². The Balaban J connectivity index is 1.76. The molecule has 0 radical (unpaired) electrons. The van der Waals surface area contributed by atoms with E-state index in [9.17, 15) is 12.8 Å². The number of sulfonamides is 1. The standard InChI is InChI=1S/C20H23FN4O3S/c1-4-25(5-2)29(26,27)18-12-17(11-6-14(18)3)22-13-19-23-24-20(28-19)15-7-9-16(21)10-8-15/h6-12,22H,4-5,13H2,1-3H3. The van der Waals surface area contributed by atoms with Crippen LogP contribution < -0.4 is 5.32 Å². The maximum atomic E-state index is 13.0. The minimum Gasteiger partial charge on any atom is -0.419 e. The van der Waals surface area contributed by atoms with E-state index in [1.807, 2.05) is 13.8 Å². The van der Waals surface area contributed by atoms with Gasteiger partial charge >= 0.3 is 0 Å². The quantitative estimate of drug-likeness (QED) is 0.598. The number of aromatic nitrogens is 2. The molecular weight excluding hydrogens is 395 g/mol. The Morgan fingerprint density at radius 1 is 1.07 bits per heavy atom. The van der Waals surface area contributed by atoms with Crippen LogP contribution in [0.4, 0.5) is 10.1 Å². The van der Waals surface area contributed by atoms with E-state index in [0.717, 1.165) is 0 Å². The monoisotopic (exact) mass is 418 g/mol. The van der Waals surface area contributed by atoms with Gasteiger partial charge in [-0.2, -0.15) is 4.31 Å². The van der Waals surface area contributed by atoms with Crippen LogP contribution in [-0.4, -0.2) is 36.0 Å². The molecule has 0 saturated carbocycles. The van der Waals surface area contributed by atoms with Gasteiger partial charge in [-0.25, -0.2) is 12.8 Å². The molecular formula is C20H23FN4O3S. The maximum Gasteiger partial charge on any atom is 0.247 e. The number of nitrogens with one attached hydrogen (secondary N) is 1. The first kappa shape index (κ1) is 20.9. The highest BCUT2D eigenvalue weighted by Crippen LogP contribution is 2.24. The SMILES string of the molecule is CCN(CC)S(=O)(=O)c1cc(NCc2nnc(-c3ccc(F)cc3)o2)ccc1C. The Kier molecular flexibility index (Phi) is 6.29. The highest BCUT2D eigenvalue weighted by Gasteiger charge is 2.23. The van der Waals surface area contributed by atoms with E-state index in [0.29, 0.717) is 35.8 Å². The second-order valence-corrected chi connectivity index (χ2v) is 8.34. The lowest BCUT2D eigenvalue weighted by Crippen LogP contribution is -2.31. The first-order valence-corrected chi connectivity index (χ1v) is 10.7. The zero-order valence-corrected chi connectivity index (χ0v) is 17.3. The van der Waals surface area contributed by atoms with Crippen molar-refractivity contribution in [2.24, 2.45) is 0 Å². The minimum absolute atomic E-state index is 0.224. The van der Waals surface area contributed by atoms with E-state index >= 15 is 0 Å². The van der Waals surface area contributed by atoms with E-state index in [4.69, 9.17) is 4.42 Å². The molecule has 0 spiro atoms. The third-order valence-corrected chi connectivity index (χ3v) is 6.71. The maximum absolute atomic E-state index is 13.0. The fraction of sp³-hybridized carbons (Fsp3) is 0.300. The predicted molar refractivity (Wildman–Crippen MR) is 108 cm³/mol. The van der Waals surface area contributed by atoms with Gasteiger partial charge in [0.15, 0.2) is 0 Å². The van der Waals surface area contributed by atoms with Gasteiger partial charge in [-0.1, -0.05) is 19.9 Å². The van der Waals surface area contributed by atoms with Crippen LogP contribution >= 0.6 is 0 Å². The molecule has 3 rings (SSSR count). The molecule has 0 fully saturated rings. The van der Waals surface area contributed by atoms with Gasteiger partial charge in [0, 0.05) is 24.3 Å². The van der Waals surface area contributed by atoms with E-state index in [-0.39, 0.29) is 23.1 Å². The molecule has 0 unspecified atom stereocenters. The second kappa shape index (κ2) is 8.71. The lowest BCUT2D eigenvalue weighted by Gasteiger charge is -2.20. The van der Waals surface area contributed by atoms with Crippen LogP contribution in [-0.2, 0) is 16.6 Å². The summed E-state index contributed by atoms with van der Waals surface area (Å²) in [5.41, 5.74) is 1.93. The van der Waals surface area contributed by atoms with Crippen LogP contribution in [0.2, 0.25) is 0 Å². The molecule has 0 saturated heterocycles. The van der Waals surface area contributed by atoms with Crippen molar-refractivity contribution in [3.63, 3.8) is 0 Å². The van der Waals surface area contributed by atoms with E-state index in [1.54, 1.807) is 37.3 Å². The third-order valence-electron chi connectivity index (χ3n) is 4.51. The number of anilines is 1. The van der Waals surface area contributed by atoms with Crippen molar-refractivity contribution < 1.29 is 17.2 Å². The predicted octanol–water partition coefficient (Wildman–Crippen LogP) is 3.83. The molecule has 7 nitrogen and oxygen atoms in total. The van der Waals surface area contributed by atoms with Crippen molar-refractivity contribution in [3.8, 4) is 11.5 Å². The highest BCUT2D eigenvalue weighted by molar-refractivity contribution is 7.89. The van der Waals surface area contributed by atoms with Gasteiger partial charge in [-0.05, 0) is 48.9 Å². The molecule has 29 heavy (non-hydrogen) atoms. The number of rotatable bonds is 8. The highest BCUT2D eigenvalue weighted by atomic mass is 32.2. The zero-order valence-electron chi connectivity index (χ0n) is 16.5. The summed E-state index contributed by atoms with van der Waals surface area (Å²) in [6, 6.07) is 10.9. The second-order valence-electron chi connectivity index (χ2n) is 6.43. The average Bonchev–Trinajstić information content (AvgIpc) is 3.17. The fourth-order valence-electron chi connectivity index (χ4n) is 2.90. The van der Waals surface area contributed by atoms with Crippen molar-refractivity contribution in [1.29, 1.82) is 0 Å². The van der Waals surface area contributed by atoms with Crippen LogP contribution in [0, 0.1) is 12.7 Å². The lowest BCUT2D eigenvalue weighted by molar-refractivity contribution is 0.445. The topological polar surface area (TPSA) is 88.3 Å². The van der Waals surface area contributed by atoms with Crippen LogP contribution in [0.15, 0.2) is 51.8 Å². The van der Waals surface area contributed by atoms with E-state index in [2.05, 4.69) is 15.5 Å². The minimum atomic E-state index is -3.56. The Morgan fingerprint density at radius 3 is 2.41 bits per heavy atom. The zero-order chi connectivity index (χ0) is 21.0. The molecule has 0 atom stereocenters. The Labute approximate surface area is 169 Å². The van der Waals surface area contributed by atoms with Gasteiger partial charge < -0.3 is 9.73 Å².